The Morgan fingerprint density at radius 3 is 2.81 bits per heavy atom. The quantitative estimate of drug-likeness (QED) is 0.674. The first-order valence-electron chi connectivity index (χ1n) is 6.91. The molecule has 7 heteroatoms. The normalized spacial score (nSPS) is 19.6. The maximum absolute atomic E-state index is 12.9. The Labute approximate surface area is 124 Å². The van der Waals surface area contributed by atoms with E-state index in [-0.39, 0.29) is 16.5 Å². The first-order chi connectivity index (χ1) is 9.91. The van der Waals surface area contributed by atoms with Crippen LogP contribution in [0, 0.1) is 0 Å². The first kappa shape index (κ1) is 15.8. The fourth-order valence-electron chi connectivity index (χ4n) is 2.69. The zero-order valence-electron chi connectivity index (χ0n) is 12.2. The Kier molecular flexibility index (Phi) is 4.53. The number of hydrogen-bond acceptors (Lipinski definition) is 5. The summed E-state index contributed by atoms with van der Waals surface area (Å²) in [5.74, 6) is -0.680. The number of esters is 1. The van der Waals surface area contributed by atoms with Crippen molar-refractivity contribution in [3.63, 3.8) is 0 Å². The molecule has 0 aromatic heterocycles. The molecule has 0 radical (unpaired) electrons. The molecular weight excluding hydrogens is 292 g/mol. The zero-order valence-corrected chi connectivity index (χ0v) is 13.0. The van der Waals surface area contributed by atoms with Gasteiger partial charge in [-0.2, -0.15) is 4.31 Å². The molecule has 1 aromatic carbocycles. The standard InChI is InChI=1S/C14H20N2O4S/c1-3-11-5-4-8-16(11)21(18,19)13-9-10(15)6-7-12(13)14(17)20-2/h6-7,9,11H,3-5,8,15H2,1-2H3. The van der Waals surface area contributed by atoms with Gasteiger partial charge < -0.3 is 10.5 Å². The average molecular weight is 312 g/mol. The van der Waals surface area contributed by atoms with E-state index in [1.54, 1.807) is 0 Å². The van der Waals surface area contributed by atoms with Crippen molar-refractivity contribution in [3.05, 3.63) is 23.8 Å². The molecular formula is C14H20N2O4S. The number of benzene rings is 1. The van der Waals surface area contributed by atoms with Crippen LogP contribution in [-0.2, 0) is 14.8 Å². The Hall–Kier alpha value is -1.60. The summed E-state index contributed by atoms with van der Waals surface area (Å²) in [6.45, 7) is 2.43. The second kappa shape index (κ2) is 6.03. The lowest BCUT2D eigenvalue weighted by atomic mass is 10.2. The van der Waals surface area contributed by atoms with Gasteiger partial charge in [-0.15, -0.1) is 0 Å². The average Bonchev–Trinajstić information content (AvgIpc) is 2.95. The summed E-state index contributed by atoms with van der Waals surface area (Å²) in [7, 11) is -2.53. The third kappa shape index (κ3) is 2.89. The maximum atomic E-state index is 12.9. The van der Waals surface area contributed by atoms with Crippen molar-refractivity contribution in [3.8, 4) is 0 Å². The molecule has 1 unspecified atom stereocenters. The lowest BCUT2D eigenvalue weighted by Crippen LogP contribution is -2.36. The van der Waals surface area contributed by atoms with Gasteiger partial charge in [0.05, 0.1) is 17.6 Å². The topological polar surface area (TPSA) is 89.7 Å². The number of nitrogens with zero attached hydrogens (tertiary/aromatic N) is 1. The highest BCUT2D eigenvalue weighted by atomic mass is 32.2. The number of nitrogen functional groups attached to an aromatic ring is 1. The van der Waals surface area contributed by atoms with Gasteiger partial charge in [0.1, 0.15) is 0 Å². The van der Waals surface area contributed by atoms with Crippen molar-refractivity contribution >= 4 is 21.7 Å². The molecule has 0 spiro atoms. The van der Waals surface area contributed by atoms with Crippen LogP contribution in [0.4, 0.5) is 5.69 Å². The van der Waals surface area contributed by atoms with Gasteiger partial charge in [-0.25, -0.2) is 13.2 Å². The Morgan fingerprint density at radius 2 is 2.19 bits per heavy atom. The van der Waals surface area contributed by atoms with E-state index < -0.39 is 16.0 Å². The van der Waals surface area contributed by atoms with Crippen molar-refractivity contribution in [1.29, 1.82) is 0 Å². The number of carbonyl (C=O) groups excluding carboxylic acids is 1. The number of hydrogen-bond donors (Lipinski definition) is 1. The van der Waals surface area contributed by atoms with Gasteiger partial charge >= 0.3 is 5.97 Å². The number of carbonyl (C=O) groups is 1. The molecule has 1 aliphatic heterocycles. The van der Waals surface area contributed by atoms with Crippen LogP contribution in [0.25, 0.3) is 0 Å². The van der Waals surface area contributed by atoms with Crippen molar-refractivity contribution in [1.82, 2.24) is 4.31 Å². The van der Waals surface area contributed by atoms with Crippen LogP contribution in [0.1, 0.15) is 36.5 Å². The highest BCUT2D eigenvalue weighted by Crippen LogP contribution is 2.30. The summed E-state index contributed by atoms with van der Waals surface area (Å²) < 4.78 is 31.9. The molecule has 0 amide bonds. The van der Waals surface area contributed by atoms with Gasteiger partial charge in [-0.05, 0) is 37.5 Å². The lowest BCUT2D eigenvalue weighted by molar-refractivity contribution is 0.0596. The minimum Gasteiger partial charge on any atom is -0.465 e. The smallest absolute Gasteiger partial charge is 0.339 e. The van der Waals surface area contributed by atoms with E-state index >= 15 is 0 Å². The van der Waals surface area contributed by atoms with Crippen LogP contribution in [0.2, 0.25) is 0 Å². The van der Waals surface area contributed by atoms with E-state index in [0.717, 1.165) is 19.3 Å². The number of ether oxygens (including phenoxy) is 1. The van der Waals surface area contributed by atoms with Crippen molar-refractivity contribution in [2.75, 3.05) is 19.4 Å². The Balaban J connectivity index is 2.53. The molecule has 0 aliphatic carbocycles. The fourth-order valence-corrected chi connectivity index (χ4v) is 4.67. The van der Waals surface area contributed by atoms with E-state index in [9.17, 15) is 13.2 Å². The van der Waals surface area contributed by atoms with E-state index in [0.29, 0.717) is 12.2 Å². The molecule has 116 valence electrons. The second-order valence-electron chi connectivity index (χ2n) is 5.07. The van der Waals surface area contributed by atoms with Crippen LogP contribution < -0.4 is 5.73 Å². The summed E-state index contributed by atoms with van der Waals surface area (Å²) in [4.78, 5) is 11.7. The monoisotopic (exact) mass is 312 g/mol. The number of rotatable bonds is 4. The van der Waals surface area contributed by atoms with E-state index in [4.69, 9.17) is 5.73 Å². The molecule has 2 rings (SSSR count). The van der Waals surface area contributed by atoms with E-state index in [1.807, 2.05) is 6.92 Å². The van der Waals surface area contributed by atoms with Gasteiger partial charge in [-0.1, -0.05) is 6.92 Å². The lowest BCUT2D eigenvalue weighted by Gasteiger charge is -2.24. The second-order valence-corrected chi connectivity index (χ2v) is 6.93. The molecule has 1 saturated heterocycles. The first-order valence-corrected chi connectivity index (χ1v) is 8.35. The molecule has 1 fully saturated rings. The molecule has 21 heavy (non-hydrogen) atoms. The summed E-state index contributed by atoms with van der Waals surface area (Å²) in [6, 6.07) is 4.19. The summed E-state index contributed by atoms with van der Waals surface area (Å²) in [6.07, 6.45) is 2.41. The van der Waals surface area contributed by atoms with Gasteiger partial charge in [0, 0.05) is 18.3 Å². The van der Waals surface area contributed by atoms with Gasteiger partial charge in [0.15, 0.2) is 0 Å². The molecule has 1 atom stereocenters. The SMILES string of the molecule is CCC1CCCN1S(=O)(=O)c1cc(N)ccc1C(=O)OC. The van der Waals surface area contributed by atoms with Crippen molar-refractivity contribution in [2.45, 2.75) is 37.1 Å². The number of nitrogens with two attached hydrogens (primary N) is 1. The number of methoxy groups -OCH3 is 1. The van der Waals surface area contributed by atoms with Crippen molar-refractivity contribution < 1.29 is 17.9 Å². The predicted octanol–water partition coefficient (Wildman–Crippen LogP) is 1.62. The molecule has 0 saturated carbocycles. The molecule has 6 nitrogen and oxygen atoms in total. The molecule has 1 aromatic rings. The largest absolute Gasteiger partial charge is 0.465 e. The highest BCUT2D eigenvalue weighted by molar-refractivity contribution is 7.89. The van der Waals surface area contributed by atoms with Crippen molar-refractivity contribution in [2.24, 2.45) is 0 Å². The minimum absolute atomic E-state index is 0.0217. The third-order valence-corrected chi connectivity index (χ3v) is 5.78. The Morgan fingerprint density at radius 1 is 1.48 bits per heavy atom. The predicted molar refractivity (Wildman–Crippen MR) is 79.4 cm³/mol. The minimum atomic E-state index is -3.76. The zero-order chi connectivity index (χ0) is 15.6. The Bertz CT molecular complexity index is 642. The third-order valence-electron chi connectivity index (χ3n) is 3.79. The number of anilines is 1. The van der Waals surface area contributed by atoms with Gasteiger partial charge in [0.25, 0.3) is 0 Å². The van der Waals surface area contributed by atoms with Crippen LogP contribution >= 0.6 is 0 Å². The summed E-state index contributed by atoms with van der Waals surface area (Å²) >= 11 is 0. The van der Waals surface area contributed by atoms with Gasteiger partial charge in [-0.3, -0.25) is 0 Å². The maximum Gasteiger partial charge on any atom is 0.339 e. The summed E-state index contributed by atoms with van der Waals surface area (Å²) in [5, 5.41) is 0. The molecule has 2 N–H and O–H groups in total. The van der Waals surface area contributed by atoms with E-state index in [2.05, 4.69) is 4.74 Å². The van der Waals surface area contributed by atoms with Crippen LogP contribution in [-0.4, -0.2) is 38.4 Å². The molecule has 1 aliphatic rings. The number of sulfonamides is 1. The van der Waals surface area contributed by atoms with Crippen LogP contribution in [0.3, 0.4) is 0 Å². The fraction of sp³-hybridized carbons (Fsp3) is 0.500. The highest BCUT2D eigenvalue weighted by Gasteiger charge is 2.36. The van der Waals surface area contributed by atoms with Gasteiger partial charge in [0.2, 0.25) is 10.0 Å². The summed E-state index contributed by atoms with van der Waals surface area (Å²) in [5.41, 5.74) is 6.02. The van der Waals surface area contributed by atoms with Crippen LogP contribution in [0.5, 0.6) is 0 Å². The molecule has 0 bridgehead atoms. The molecule has 1 heterocycles. The van der Waals surface area contributed by atoms with Crippen LogP contribution in [0.15, 0.2) is 23.1 Å². The van der Waals surface area contributed by atoms with E-state index in [1.165, 1.54) is 29.6 Å².